The molecule has 1 aliphatic heterocycles. The Morgan fingerprint density at radius 1 is 1.10 bits per heavy atom. The second-order valence-electron chi connectivity index (χ2n) is 7.07. The predicted octanol–water partition coefficient (Wildman–Crippen LogP) is 1.57. The highest BCUT2D eigenvalue weighted by atomic mass is 127. The maximum atomic E-state index is 5.41. The van der Waals surface area contributed by atoms with Gasteiger partial charge >= 0.3 is 0 Å². The van der Waals surface area contributed by atoms with Gasteiger partial charge in [-0.2, -0.15) is 0 Å². The van der Waals surface area contributed by atoms with Crippen molar-refractivity contribution in [2.24, 2.45) is 4.99 Å². The van der Waals surface area contributed by atoms with E-state index in [1.165, 1.54) is 5.56 Å². The first-order chi connectivity index (χ1) is 14.3. The highest BCUT2D eigenvalue weighted by molar-refractivity contribution is 14.0. The molecule has 3 rings (SSSR count). The summed E-state index contributed by atoms with van der Waals surface area (Å²) >= 11 is 0. The first kappa shape index (κ1) is 24.5. The molecular weight excluding hydrogens is 493 g/mol. The second kappa shape index (κ2) is 14.3. The molecule has 30 heavy (non-hydrogen) atoms. The van der Waals surface area contributed by atoms with Crippen molar-refractivity contribution in [2.45, 2.75) is 26.3 Å². The highest BCUT2D eigenvalue weighted by Gasteiger charge is 2.09. The lowest BCUT2D eigenvalue weighted by Crippen LogP contribution is -2.41. The van der Waals surface area contributed by atoms with Crippen molar-refractivity contribution in [3.63, 3.8) is 0 Å². The summed E-state index contributed by atoms with van der Waals surface area (Å²) in [4.78, 5) is 7.18. The molecule has 0 amide bonds. The molecule has 0 spiro atoms. The number of aryl methyl sites for hydroxylation is 1. The van der Waals surface area contributed by atoms with Gasteiger partial charge in [-0.3, -0.25) is 9.89 Å². The minimum atomic E-state index is 0. The number of hydrogen-bond donors (Lipinski definition) is 2. The van der Waals surface area contributed by atoms with Gasteiger partial charge in [0, 0.05) is 45.7 Å². The van der Waals surface area contributed by atoms with Crippen molar-refractivity contribution in [1.29, 1.82) is 0 Å². The Hall–Kier alpha value is -1.72. The zero-order chi connectivity index (χ0) is 20.2. The minimum Gasteiger partial charge on any atom is -0.379 e. The summed E-state index contributed by atoms with van der Waals surface area (Å²) < 4.78 is 7.50. The predicted molar refractivity (Wildman–Crippen MR) is 131 cm³/mol. The van der Waals surface area contributed by atoms with Crippen LogP contribution >= 0.6 is 24.0 Å². The lowest BCUT2D eigenvalue weighted by atomic mass is 10.1. The number of benzene rings is 1. The average Bonchev–Trinajstić information content (AvgIpc) is 3.22. The molecule has 1 fully saturated rings. The zero-order valence-corrected chi connectivity index (χ0v) is 20.1. The molecule has 2 N–H and O–H groups in total. The first-order valence-electron chi connectivity index (χ1n) is 10.6. The smallest absolute Gasteiger partial charge is 0.191 e. The fourth-order valence-corrected chi connectivity index (χ4v) is 3.31. The van der Waals surface area contributed by atoms with E-state index < -0.39 is 0 Å². The molecular formula is C21H34IN7O. The maximum absolute atomic E-state index is 5.41. The van der Waals surface area contributed by atoms with Crippen molar-refractivity contribution < 1.29 is 4.74 Å². The van der Waals surface area contributed by atoms with Gasteiger partial charge in [0.05, 0.1) is 19.8 Å². The number of guanidine groups is 1. The van der Waals surface area contributed by atoms with Gasteiger partial charge in [-0.1, -0.05) is 37.3 Å². The summed E-state index contributed by atoms with van der Waals surface area (Å²) in [7, 11) is 0. The molecule has 0 radical (unpaired) electrons. The Labute approximate surface area is 196 Å². The molecule has 166 valence electrons. The van der Waals surface area contributed by atoms with E-state index in [1.54, 1.807) is 6.33 Å². The number of nitrogens with one attached hydrogen (secondary N) is 2. The van der Waals surface area contributed by atoms with E-state index in [1.807, 2.05) is 6.07 Å². The quantitative estimate of drug-likeness (QED) is 0.278. The van der Waals surface area contributed by atoms with Crippen molar-refractivity contribution in [2.75, 3.05) is 52.5 Å². The first-order valence-corrected chi connectivity index (χ1v) is 10.6. The van der Waals surface area contributed by atoms with Crippen LogP contribution in [0, 0.1) is 0 Å². The minimum absolute atomic E-state index is 0. The summed E-state index contributed by atoms with van der Waals surface area (Å²) in [5.74, 6) is 1.87. The molecule has 1 aliphatic rings. The van der Waals surface area contributed by atoms with Crippen LogP contribution in [0.4, 0.5) is 0 Å². The van der Waals surface area contributed by atoms with Crippen LogP contribution < -0.4 is 10.6 Å². The fourth-order valence-electron chi connectivity index (χ4n) is 3.31. The number of aliphatic imine (C=N–C) groups is 1. The third-order valence-electron chi connectivity index (χ3n) is 5.00. The Kier molecular flexibility index (Phi) is 11.7. The number of aromatic nitrogens is 3. The third kappa shape index (κ3) is 8.57. The van der Waals surface area contributed by atoms with E-state index in [2.05, 4.69) is 61.5 Å². The standard InChI is InChI=1S/C21H33N7O.HI/c1-2-20-26-25-18-28(20)13-11-24-21(22-9-8-19-6-4-3-5-7-19)23-10-12-27-14-16-29-17-15-27;/h3-7,18H,2,8-17H2,1H3,(H2,22,23,24);1H. The van der Waals surface area contributed by atoms with Crippen LogP contribution in [0.2, 0.25) is 0 Å². The Morgan fingerprint density at radius 3 is 2.63 bits per heavy atom. The zero-order valence-electron chi connectivity index (χ0n) is 17.8. The molecule has 2 heterocycles. The lowest BCUT2D eigenvalue weighted by Gasteiger charge is -2.25. The van der Waals surface area contributed by atoms with Gasteiger partial charge in [-0.05, 0) is 12.0 Å². The van der Waals surface area contributed by atoms with Crippen molar-refractivity contribution in [3.8, 4) is 0 Å². The molecule has 9 heteroatoms. The number of hydrogen-bond acceptors (Lipinski definition) is 5. The van der Waals surface area contributed by atoms with E-state index in [0.717, 1.165) is 83.7 Å². The number of halogens is 1. The molecule has 1 saturated heterocycles. The molecule has 1 aromatic carbocycles. The number of rotatable bonds is 10. The normalized spacial score (nSPS) is 14.9. The van der Waals surface area contributed by atoms with Crippen molar-refractivity contribution >= 4 is 29.9 Å². The van der Waals surface area contributed by atoms with E-state index in [-0.39, 0.29) is 24.0 Å². The second-order valence-corrected chi connectivity index (χ2v) is 7.07. The number of ether oxygens (including phenoxy) is 1. The van der Waals surface area contributed by atoms with E-state index >= 15 is 0 Å². The monoisotopic (exact) mass is 527 g/mol. The molecule has 2 aromatic rings. The van der Waals surface area contributed by atoms with Gasteiger partial charge in [0.2, 0.25) is 0 Å². The van der Waals surface area contributed by atoms with Crippen LogP contribution in [-0.2, 0) is 24.1 Å². The number of morpholine rings is 1. The Balaban J connectivity index is 0.00000320. The van der Waals surface area contributed by atoms with Gasteiger partial charge in [0.1, 0.15) is 12.2 Å². The molecule has 0 saturated carbocycles. The largest absolute Gasteiger partial charge is 0.379 e. The molecule has 0 bridgehead atoms. The van der Waals surface area contributed by atoms with Gasteiger partial charge < -0.3 is 19.9 Å². The topological polar surface area (TPSA) is 79.6 Å². The van der Waals surface area contributed by atoms with Crippen LogP contribution in [0.1, 0.15) is 18.3 Å². The third-order valence-corrected chi connectivity index (χ3v) is 5.00. The van der Waals surface area contributed by atoms with Crippen LogP contribution in [0.3, 0.4) is 0 Å². The molecule has 0 unspecified atom stereocenters. The maximum Gasteiger partial charge on any atom is 0.191 e. The Morgan fingerprint density at radius 2 is 1.87 bits per heavy atom. The van der Waals surface area contributed by atoms with Gasteiger partial charge in [0.15, 0.2) is 5.96 Å². The summed E-state index contributed by atoms with van der Waals surface area (Å²) in [6.07, 6.45) is 3.64. The SMILES string of the molecule is CCc1nncn1CCNC(=NCCN1CCOCC1)NCCc1ccccc1.I. The average molecular weight is 527 g/mol. The van der Waals surface area contributed by atoms with Gasteiger partial charge in [0.25, 0.3) is 0 Å². The molecule has 0 aliphatic carbocycles. The number of nitrogens with zero attached hydrogens (tertiary/aromatic N) is 5. The van der Waals surface area contributed by atoms with E-state index in [0.29, 0.717) is 0 Å². The van der Waals surface area contributed by atoms with Crippen LogP contribution in [0.5, 0.6) is 0 Å². The van der Waals surface area contributed by atoms with Gasteiger partial charge in [-0.15, -0.1) is 34.2 Å². The van der Waals surface area contributed by atoms with Crippen LogP contribution in [-0.4, -0.2) is 78.1 Å². The summed E-state index contributed by atoms with van der Waals surface area (Å²) in [5, 5.41) is 15.1. The molecule has 8 nitrogen and oxygen atoms in total. The van der Waals surface area contributed by atoms with Crippen LogP contribution in [0.25, 0.3) is 0 Å². The highest BCUT2D eigenvalue weighted by Crippen LogP contribution is 1.99. The van der Waals surface area contributed by atoms with Crippen molar-refractivity contribution in [3.05, 3.63) is 48.0 Å². The van der Waals surface area contributed by atoms with E-state index in [4.69, 9.17) is 9.73 Å². The summed E-state index contributed by atoms with van der Waals surface area (Å²) in [6.45, 7) is 9.90. The summed E-state index contributed by atoms with van der Waals surface area (Å²) in [5.41, 5.74) is 1.32. The molecule has 1 aromatic heterocycles. The van der Waals surface area contributed by atoms with Crippen LogP contribution in [0.15, 0.2) is 41.7 Å². The van der Waals surface area contributed by atoms with Gasteiger partial charge in [-0.25, -0.2) is 0 Å². The van der Waals surface area contributed by atoms with Crippen molar-refractivity contribution in [1.82, 2.24) is 30.3 Å². The molecule has 0 atom stereocenters. The fraction of sp³-hybridized carbons (Fsp3) is 0.571. The Bertz CT molecular complexity index is 732. The lowest BCUT2D eigenvalue weighted by molar-refractivity contribution is 0.0394. The summed E-state index contributed by atoms with van der Waals surface area (Å²) in [6, 6.07) is 10.5. The van der Waals surface area contributed by atoms with E-state index in [9.17, 15) is 0 Å².